The molecule has 0 unspecified atom stereocenters. The monoisotopic (exact) mass is 133 g/mol. The molecule has 1 saturated carbocycles. The molecule has 1 rings (SSSR count). The summed E-state index contributed by atoms with van der Waals surface area (Å²) in [5, 5.41) is 17.1. The minimum atomic E-state index is -1.83. The zero-order chi connectivity index (χ0) is 7.28. The summed E-state index contributed by atoms with van der Waals surface area (Å²) >= 11 is 0. The van der Waals surface area contributed by atoms with E-state index in [1.807, 2.05) is 7.05 Å². The Kier molecular flexibility index (Phi) is 3.79. The smallest absolute Gasteiger partial charge is 0.450 e. The van der Waals surface area contributed by atoms with Gasteiger partial charge in [0, 0.05) is 6.04 Å². The summed E-state index contributed by atoms with van der Waals surface area (Å²) in [5.41, 5.74) is 0. The molecule has 0 aromatic heterocycles. The zero-order valence-electron chi connectivity index (χ0n) is 5.29. The minimum Gasteiger partial charge on any atom is -0.450 e. The van der Waals surface area contributed by atoms with Gasteiger partial charge in [0.25, 0.3) is 0 Å². The summed E-state index contributed by atoms with van der Waals surface area (Å²) in [6, 6.07) is 0.884. The Balaban J connectivity index is 0.000000148. The minimum absolute atomic E-state index is 0.884. The summed E-state index contributed by atoms with van der Waals surface area (Å²) in [4.78, 5) is 8.56. The van der Waals surface area contributed by atoms with Crippen molar-refractivity contribution in [1.82, 2.24) is 5.32 Å². The van der Waals surface area contributed by atoms with E-state index in [1.54, 1.807) is 0 Å². The summed E-state index contributed by atoms with van der Waals surface area (Å²) in [7, 11) is 2.01. The summed E-state index contributed by atoms with van der Waals surface area (Å²) < 4.78 is 0. The molecule has 4 heteroatoms. The lowest BCUT2D eigenvalue weighted by molar-refractivity contribution is 0.137. The van der Waals surface area contributed by atoms with E-state index in [9.17, 15) is 0 Å². The molecule has 9 heavy (non-hydrogen) atoms. The highest BCUT2D eigenvalue weighted by Crippen LogP contribution is 2.16. The maximum Gasteiger partial charge on any atom is 0.503 e. The Bertz CT molecular complexity index is 86.2. The average Bonchev–Trinajstić information content (AvgIpc) is 2.43. The second-order valence-corrected chi connectivity index (χ2v) is 1.85. The molecule has 0 saturated heterocycles. The maximum absolute atomic E-state index is 8.56. The van der Waals surface area contributed by atoms with Crippen LogP contribution in [0.4, 0.5) is 4.79 Å². The average molecular weight is 133 g/mol. The Hall–Kier alpha value is -0.770. The molecule has 0 aromatic rings. The molecular formula is C5H11NO3. The molecule has 3 N–H and O–H groups in total. The van der Waals surface area contributed by atoms with Gasteiger partial charge in [-0.1, -0.05) is 0 Å². The summed E-state index contributed by atoms with van der Waals surface area (Å²) in [6.07, 6.45) is 0.965. The highest BCUT2D eigenvalue weighted by atomic mass is 16.6. The molecule has 1 aliphatic rings. The van der Waals surface area contributed by atoms with Crippen LogP contribution in [0.5, 0.6) is 0 Å². The van der Waals surface area contributed by atoms with E-state index in [-0.39, 0.29) is 0 Å². The van der Waals surface area contributed by atoms with Gasteiger partial charge in [-0.15, -0.1) is 0 Å². The Morgan fingerprint density at radius 1 is 1.56 bits per heavy atom. The second kappa shape index (κ2) is 4.14. The maximum atomic E-state index is 8.56. The van der Waals surface area contributed by atoms with Crippen LogP contribution in [0, 0.1) is 0 Å². The van der Waals surface area contributed by atoms with Crippen LogP contribution in [-0.4, -0.2) is 29.5 Å². The predicted molar refractivity (Wildman–Crippen MR) is 32.7 cm³/mol. The van der Waals surface area contributed by atoms with Crippen molar-refractivity contribution in [1.29, 1.82) is 0 Å². The topological polar surface area (TPSA) is 69.6 Å². The third kappa shape index (κ3) is 11.1. The Morgan fingerprint density at radius 2 is 1.89 bits per heavy atom. The van der Waals surface area contributed by atoms with Crippen molar-refractivity contribution in [2.24, 2.45) is 0 Å². The lowest BCUT2D eigenvalue weighted by Crippen LogP contribution is -2.06. The number of hydrogen-bond donors (Lipinski definition) is 3. The Labute approximate surface area is 53.5 Å². The fraction of sp³-hybridized carbons (Fsp3) is 0.800. The van der Waals surface area contributed by atoms with Gasteiger partial charge in [-0.05, 0) is 19.9 Å². The predicted octanol–water partition coefficient (Wildman–Crippen LogP) is 0.591. The molecule has 0 spiro atoms. The van der Waals surface area contributed by atoms with Gasteiger partial charge < -0.3 is 15.5 Å². The quantitative estimate of drug-likeness (QED) is 0.489. The molecule has 0 bridgehead atoms. The number of rotatable bonds is 1. The van der Waals surface area contributed by atoms with Crippen molar-refractivity contribution >= 4 is 6.16 Å². The van der Waals surface area contributed by atoms with E-state index in [1.165, 1.54) is 12.8 Å². The molecule has 0 aliphatic heterocycles. The molecule has 0 amide bonds. The van der Waals surface area contributed by atoms with E-state index in [4.69, 9.17) is 15.0 Å². The molecule has 0 atom stereocenters. The number of nitrogens with one attached hydrogen (secondary N) is 1. The first-order valence-corrected chi connectivity index (χ1v) is 2.76. The van der Waals surface area contributed by atoms with Crippen molar-refractivity contribution < 1.29 is 15.0 Å². The zero-order valence-corrected chi connectivity index (χ0v) is 5.29. The molecule has 0 radical (unpaired) electrons. The van der Waals surface area contributed by atoms with Gasteiger partial charge in [-0.2, -0.15) is 0 Å². The Morgan fingerprint density at radius 3 is 1.89 bits per heavy atom. The standard InChI is InChI=1S/C4H9N.CH2O3/c1-5-4-2-3-4;2-1(3)4/h4-5H,2-3H2,1H3;(H2,2,3,4). The van der Waals surface area contributed by atoms with Gasteiger partial charge >= 0.3 is 6.16 Å². The largest absolute Gasteiger partial charge is 0.503 e. The lowest BCUT2D eigenvalue weighted by Gasteiger charge is -1.80. The summed E-state index contributed by atoms with van der Waals surface area (Å²) in [6.45, 7) is 0. The van der Waals surface area contributed by atoms with Crippen molar-refractivity contribution in [2.45, 2.75) is 18.9 Å². The van der Waals surface area contributed by atoms with Gasteiger partial charge in [0.05, 0.1) is 0 Å². The van der Waals surface area contributed by atoms with Gasteiger partial charge in [-0.3, -0.25) is 0 Å². The number of carboxylic acid groups (broad SMARTS) is 2. The molecule has 0 aromatic carbocycles. The first kappa shape index (κ1) is 8.23. The van der Waals surface area contributed by atoms with Crippen LogP contribution in [0.1, 0.15) is 12.8 Å². The van der Waals surface area contributed by atoms with Gasteiger partial charge in [0.2, 0.25) is 0 Å². The number of carbonyl (C=O) groups is 1. The van der Waals surface area contributed by atoms with Crippen LogP contribution in [0.3, 0.4) is 0 Å². The van der Waals surface area contributed by atoms with E-state index in [2.05, 4.69) is 5.32 Å². The molecule has 1 fully saturated rings. The number of hydrogen-bond acceptors (Lipinski definition) is 2. The third-order valence-corrected chi connectivity index (χ3v) is 0.986. The fourth-order valence-electron chi connectivity index (χ4n) is 0.372. The molecular weight excluding hydrogens is 122 g/mol. The SMILES string of the molecule is CNC1CC1.O=C(O)O. The van der Waals surface area contributed by atoms with Crippen LogP contribution >= 0.6 is 0 Å². The van der Waals surface area contributed by atoms with E-state index >= 15 is 0 Å². The molecule has 1 aliphatic carbocycles. The normalized spacial score (nSPS) is 15.7. The van der Waals surface area contributed by atoms with E-state index in [0.29, 0.717) is 0 Å². The first-order valence-electron chi connectivity index (χ1n) is 2.76. The highest BCUT2D eigenvalue weighted by Gasteiger charge is 2.17. The van der Waals surface area contributed by atoms with Crippen molar-refractivity contribution in [3.05, 3.63) is 0 Å². The van der Waals surface area contributed by atoms with E-state index in [0.717, 1.165) is 6.04 Å². The van der Waals surface area contributed by atoms with E-state index < -0.39 is 6.16 Å². The molecule has 54 valence electrons. The van der Waals surface area contributed by atoms with Crippen LogP contribution in [0.25, 0.3) is 0 Å². The van der Waals surface area contributed by atoms with Crippen molar-refractivity contribution in [3.63, 3.8) is 0 Å². The van der Waals surface area contributed by atoms with Crippen LogP contribution in [-0.2, 0) is 0 Å². The fourth-order valence-corrected chi connectivity index (χ4v) is 0.372. The molecule has 0 heterocycles. The van der Waals surface area contributed by atoms with Crippen LogP contribution < -0.4 is 5.32 Å². The van der Waals surface area contributed by atoms with Gasteiger partial charge in [-0.25, -0.2) is 4.79 Å². The van der Waals surface area contributed by atoms with Gasteiger partial charge in [0.15, 0.2) is 0 Å². The van der Waals surface area contributed by atoms with Crippen LogP contribution in [0.15, 0.2) is 0 Å². The molecule has 4 nitrogen and oxygen atoms in total. The van der Waals surface area contributed by atoms with Crippen molar-refractivity contribution in [3.8, 4) is 0 Å². The van der Waals surface area contributed by atoms with Crippen molar-refractivity contribution in [2.75, 3.05) is 7.05 Å². The first-order chi connectivity index (χ1) is 4.16. The van der Waals surface area contributed by atoms with Crippen LogP contribution in [0.2, 0.25) is 0 Å². The third-order valence-electron chi connectivity index (χ3n) is 0.986. The highest BCUT2D eigenvalue weighted by molar-refractivity contribution is 5.53. The summed E-state index contributed by atoms with van der Waals surface area (Å²) in [5.74, 6) is 0. The second-order valence-electron chi connectivity index (χ2n) is 1.85. The van der Waals surface area contributed by atoms with Gasteiger partial charge in [0.1, 0.15) is 0 Å². The lowest BCUT2D eigenvalue weighted by atomic mass is 10.7.